The van der Waals surface area contributed by atoms with Crippen molar-refractivity contribution in [1.29, 1.82) is 0 Å². The molecule has 2 heterocycles. The van der Waals surface area contributed by atoms with E-state index in [-0.39, 0.29) is 5.91 Å². The maximum atomic E-state index is 12.8. The summed E-state index contributed by atoms with van der Waals surface area (Å²) in [5, 5.41) is 12.8. The van der Waals surface area contributed by atoms with Gasteiger partial charge in [0.2, 0.25) is 11.7 Å². The van der Waals surface area contributed by atoms with Gasteiger partial charge < -0.3 is 19.1 Å². The lowest BCUT2D eigenvalue weighted by atomic mass is 10.1. The third kappa shape index (κ3) is 5.72. The molecule has 0 N–H and O–H groups in total. The van der Waals surface area contributed by atoms with Gasteiger partial charge in [0.05, 0.1) is 33.6 Å². The Morgan fingerprint density at radius 2 is 1.66 bits per heavy atom. The number of carbonyl (C=O) groups is 1. The lowest BCUT2D eigenvalue weighted by Crippen LogP contribution is -2.48. The molecular formula is C24H27ClN6O4. The quantitative estimate of drug-likeness (QED) is 0.437. The molecule has 10 nitrogen and oxygen atoms in total. The van der Waals surface area contributed by atoms with Gasteiger partial charge >= 0.3 is 0 Å². The minimum Gasteiger partial charge on any atom is -0.493 e. The Labute approximate surface area is 208 Å². The number of aromatic nitrogens is 4. The SMILES string of the molecule is COc1cc(/C=C\C(=O)N2CCN(Cc3nnnn3-c3ccc(Cl)cc3)CC2)cc(OC)c1OC. The highest BCUT2D eigenvalue weighted by Crippen LogP contribution is 2.38. The highest BCUT2D eigenvalue weighted by atomic mass is 35.5. The zero-order valence-corrected chi connectivity index (χ0v) is 20.6. The van der Waals surface area contributed by atoms with Crippen molar-refractivity contribution >= 4 is 23.6 Å². The summed E-state index contributed by atoms with van der Waals surface area (Å²) in [6.07, 6.45) is 3.32. The Hall–Kier alpha value is -3.63. The van der Waals surface area contributed by atoms with Crippen molar-refractivity contribution in [2.75, 3.05) is 47.5 Å². The van der Waals surface area contributed by atoms with Crippen LogP contribution in [0.4, 0.5) is 0 Å². The summed E-state index contributed by atoms with van der Waals surface area (Å²) in [6.45, 7) is 3.25. The Kier molecular flexibility index (Phi) is 7.84. The summed E-state index contributed by atoms with van der Waals surface area (Å²) in [7, 11) is 4.67. The number of tetrazole rings is 1. The maximum Gasteiger partial charge on any atom is 0.246 e. The fourth-order valence-corrected chi connectivity index (χ4v) is 4.01. The van der Waals surface area contributed by atoms with E-state index < -0.39 is 0 Å². The maximum absolute atomic E-state index is 12.8. The minimum absolute atomic E-state index is 0.0515. The van der Waals surface area contributed by atoms with Crippen LogP contribution in [0.2, 0.25) is 5.02 Å². The van der Waals surface area contributed by atoms with Gasteiger partial charge in [0.15, 0.2) is 17.3 Å². The Bertz CT molecular complexity index is 1160. The van der Waals surface area contributed by atoms with E-state index in [0.29, 0.717) is 41.9 Å². The fraction of sp³-hybridized carbons (Fsp3) is 0.333. The summed E-state index contributed by atoms with van der Waals surface area (Å²) in [5.74, 6) is 2.26. The van der Waals surface area contributed by atoms with Gasteiger partial charge in [-0.05, 0) is 58.5 Å². The highest BCUT2D eigenvalue weighted by Gasteiger charge is 2.22. The molecule has 0 saturated carbocycles. The van der Waals surface area contributed by atoms with E-state index in [2.05, 4.69) is 20.4 Å². The largest absolute Gasteiger partial charge is 0.493 e. The van der Waals surface area contributed by atoms with Crippen molar-refractivity contribution in [1.82, 2.24) is 30.0 Å². The molecular weight excluding hydrogens is 472 g/mol. The molecule has 0 aliphatic carbocycles. The molecule has 3 aromatic rings. The number of ether oxygens (including phenoxy) is 3. The minimum atomic E-state index is -0.0515. The number of nitrogens with zero attached hydrogens (tertiary/aromatic N) is 6. The van der Waals surface area contributed by atoms with Gasteiger partial charge in [-0.3, -0.25) is 9.69 Å². The predicted molar refractivity (Wildman–Crippen MR) is 131 cm³/mol. The van der Waals surface area contributed by atoms with Crippen LogP contribution in [0.1, 0.15) is 11.4 Å². The second-order valence-electron chi connectivity index (χ2n) is 7.88. The first-order valence-electron chi connectivity index (χ1n) is 11.0. The molecule has 1 amide bonds. The molecule has 1 aliphatic rings. The van der Waals surface area contributed by atoms with Gasteiger partial charge in [-0.1, -0.05) is 11.6 Å². The number of carbonyl (C=O) groups excluding carboxylic acids is 1. The molecule has 2 aromatic carbocycles. The number of amides is 1. The van der Waals surface area contributed by atoms with Crippen LogP contribution in [0.5, 0.6) is 17.2 Å². The highest BCUT2D eigenvalue weighted by molar-refractivity contribution is 6.30. The number of benzene rings is 2. The van der Waals surface area contributed by atoms with E-state index in [1.54, 1.807) is 62.4 Å². The molecule has 0 spiro atoms. The van der Waals surface area contributed by atoms with Gasteiger partial charge in [-0.15, -0.1) is 5.10 Å². The average molecular weight is 499 g/mol. The summed E-state index contributed by atoms with van der Waals surface area (Å²) >= 11 is 5.98. The summed E-state index contributed by atoms with van der Waals surface area (Å²) in [4.78, 5) is 16.8. The van der Waals surface area contributed by atoms with Crippen molar-refractivity contribution in [3.8, 4) is 22.9 Å². The van der Waals surface area contributed by atoms with Crippen molar-refractivity contribution in [2.24, 2.45) is 0 Å². The van der Waals surface area contributed by atoms with Crippen LogP contribution < -0.4 is 14.2 Å². The third-order valence-corrected chi connectivity index (χ3v) is 6.01. The van der Waals surface area contributed by atoms with Crippen molar-refractivity contribution in [2.45, 2.75) is 6.54 Å². The van der Waals surface area contributed by atoms with Crippen LogP contribution in [-0.4, -0.2) is 83.4 Å². The summed E-state index contributed by atoms with van der Waals surface area (Å²) in [5.41, 5.74) is 1.63. The molecule has 35 heavy (non-hydrogen) atoms. The van der Waals surface area contributed by atoms with Crippen LogP contribution in [0, 0.1) is 0 Å². The van der Waals surface area contributed by atoms with Crippen LogP contribution in [0.15, 0.2) is 42.5 Å². The fourth-order valence-electron chi connectivity index (χ4n) is 3.88. The zero-order valence-electron chi connectivity index (χ0n) is 19.8. The molecule has 184 valence electrons. The van der Waals surface area contributed by atoms with Crippen LogP contribution in [0.25, 0.3) is 11.8 Å². The van der Waals surface area contributed by atoms with Gasteiger partial charge in [0.25, 0.3) is 0 Å². The predicted octanol–water partition coefficient (Wildman–Crippen LogP) is 2.70. The van der Waals surface area contributed by atoms with E-state index in [1.807, 2.05) is 17.0 Å². The van der Waals surface area contributed by atoms with Gasteiger partial charge in [0.1, 0.15) is 0 Å². The first kappa shape index (κ1) is 24.5. The third-order valence-electron chi connectivity index (χ3n) is 5.76. The average Bonchev–Trinajstić information content (AvgIpc) is 3.35. The molecule has 4 rings (SSSR count). The van der Waals surface area contributed by atoms with Crippen LogP contribution >= 0.6 is 11.6 Å². The van der Waals surface area contributed by atoms with Crippen LogP contribution in [-0.2, 0) is 11.3 Å². The molecule has 0 atom stereocenters. The molecule has 1 saturated heterocycles. The lowest BCUT2D eigenvalue weighted by Gasteiger charge is -2.33. The number of hydrogen-bond donors (Lipinski definition) is 0. The van der Waals surface area contributed by atoms with E-state index in [9.17, 15) is 4.79 Å². The van der Waals surface area contributed by atoms with Crippen molar-refractivity contribution in [3.63, 3.8) is 0 Å². The van der Waals surface area contributed by atoms with Gasteiger partial charge in [-0.2, -0.15) is 4.68 Å². The smallest absolute Gasteiger partial charge is 0.246 e. The topological polar surface area (TPSA) is 94.8 Å². The lowest BCUT2D eigenvalue weighted by molar-refractivity contribution is -0.127. The normalized spacial score (nSPS) is 14.3. The van der Waals surface area contributed by atoms with E-state index >= 15 is 0 Å². The number of halogens is 1. The Morgan fingerprint density at radius 3 is 2.26 bits per heavy atom. The van der Waals surface area contributed by atoms with Gasteiger partial charge in [-0.25, -0.2) is 0 Å². The zero-order chi connectivity index (χ0) is 24.8. The molecule has 1 aliphatic heterocycles. The number of methoxy groups -OCH3 is 3. The van der Waals surface area contributed by atoms with E-state index in [1.165, 1.54) is 0 Å². The van der Waals surface area contributed by atoms with E-state index in [0.717, 1.165) is 30.2 Å². The molecule has 11 heteroatoms. The van der Waals surface area contributed by atoms with Crippen molar-refractivity contribution in [3.05, 3.63) is 58.9 Å². The summed E-state index contributed by atoms with van der Waals surface area (Å²) in [6, 6.07) is 11.0. The first-order chi connectivity index (χ1) is 17.0. The number of piperazine rings is 1. The number of rotatable bonds is 8. The standard InChI is InChI=1S/C24H27ClN6O4/c1-33-20-14-17(15-21(34-2)24(20)35-3)4-9-23(32)30-12-10-29(11-13-30)16-22-26-27-28-31(22)19-7-5-18(25)6-8-19/h4-9,14-15H,10-13,16H2,1-3H3/b9-4-. The van der Waals surface area contributed by atoms with E-state index in [4.69, 9.17) is 25.8 Å². The number of hydrogen-bond acceptors (Lipinski definition) is 8. The second kappa shape index (κ2) is 11.2. The molecule has 0 radical (unpaired) electrons. The summed E-state index contributed by atoms with van der Waals surface area (Å²) < 4.78 is 17.8. The van der Waals surface area contributed by atoms with Crippen molar-refractivity contribution < 1.29 is 19.0 Å². The van der Waals surface area contributed by atoms with Crippen LogP contribution in [0.3, 0.4) is 0 Å². The van der Waals surface area contributed by atoms with Gasteiger partial charge in [0, 0.05) is 37.3 Å². The Balaban J connectivity index is 1.35. The monoisotopic (exact) mass is 498 g/mol. The molecule has 0 bridgehead atoms. The molecule has 1 aromatic heterocycles. The molecule has 1 fully saturated rings. The second-order valence-corrected chi connectivity index (χ2v) is 8.31. The first-order valence-corrected chi connectivity index (χ1v) is 11.4. The molecule has 0 unspecified atom stereocenters. The Morgan fingerprint density at radius 1 is 1.00 bits per heavy atom.